The molecule has 3 atom stereocenters. The maximum Gasteiger partial charge on any atom is 0.410 e. The van der Waals surface area contributed by atoms with Crippen LogP contribution in [-0.2, 0) is 28.9 Å². The molecule has 0 spiro atoms. The van der Waals surface area contributed by atoms with Crippen LogP contribution < -0.4 is 0 Å². The maximum atomic E-state index is 12.8. The van der Waals surface area contributed by atoms with Crippen LogP contribution in [0.3, 0.4) is 0 Å². The molecule has 172 valence electrons. The highest BCUT2D eigenvalue weighted by Crippen LogP contribution is 2.22. The van der Waals surface area contributed by atoms with E-state index in [9.17, 15) is 22.8 Å². The third-order valence-electron chi connectivity index (χ3n) is 5.32. The van der Waals surface area contributed by atoms with Gasteiger partial charge in [-0.25, -0.2) is 13.2 Å². The summed E-state index contributed by atoms with van der Waals surface area (Å²) in [7, 11) is -3.13. The Morgan fingerprint density at radius 3 is 2.40 bits per heavy atom. The molecule has 0 aromatic rings. The third kappa shape index (κ3) is 6.58. The highest BCUT2D eigenvalue weighted by atomic mass is 32.2. The zero-order chi connectivity index (χ0) is 22.7. The number of ether oxygens (including phenoxy) is 2. The van der Waals surface area contributed by atoms with Gasteiger partial charge >= 0.3 is 12.1 Å². The van der Waals surface area contributed by atoms with Gasteiger partial charge in [0.15, 0.2) is 15.9 Å². The standard InChI is InChI=1S/C20H34N2O7S/c1-6-22(16-9-11-30(26,27)13-16)17(23)14(2)28-18(24)15-8-7-10-21(12-15)19(25)29-20(3,4)5/h14-16H,6-13H2,1-5H3. The molecule has 2 heterocycles. The quantitative estimate of drug-likeness (QED) is 0.590. The van der Waals surface area contributed by atoms with Gasteiger partial charge in [0, 0.05) is 25.7 Å². The molecule has 0 N–H and O–H groups in total. The molecule has 2 rings (SSSR count). The van der Waals surface area contributed by atoms with Gasteiger partial charge in [-0.3, -0.25) is 9.59 Å². The number of amides is 2. The zero-order valence-electron chi connectivity index (χ0n) is 18.5. The molecule has 2 fully saturated rings. The predicted molar refractivity (Wildman–Crippen MR) is 111 cm³/mol. The van der Waals surface area contributed by atoms with E-state index in [1.54, 1.807) is 27.7 Å². The van der Waals surface area contributed by atoms with E-state index in [-0.39, 0.29) is 24.1 Å². The lowest BCUT2D eigenvalue weighted by Gasteiger charge is -2.34. The SMILES string of the molecule is CCN(C(=O)C(C)OC(=O)C1CCCN(C(=O)OC(C)(C)C)C1)C1CCS(=O)(=O)C1. The van der Waals surface area contributed by atoms with Crippen LogP contribution in [-0.4, -0.2) is 85.1 Å². The molecule has 0 bridgehead atoms. The van der Waals surface area contributed by atoms with Crippen molar-refractivity contribution in [1.29, 1.82) is 0 Å². The van der Waals surface area contributed by atoms with Gasteiger partial charge in [0.1, 0.15) is 5.60 Å². The van der Waals surface area contributed by atoms with Crippen LogP contribution in [0, 0.1) is 5.92 Å². The Labute approximate surface area is 179 Å². The number of piperidine rings is 1. The molecule has 2 saturated heterocycles. The van der Waals surface area contributed by atoms with E-state index < -0.39 is 45.4 Å². The zero-order valence-corrected chi connectivity index (χ0v) is 19.4. The molecule has 10 heteroatoms. The fraction of sp³-hybridized carbons (Fsp3) is 0.850. The van der Waals surface area contributed by atoms with Crippen molar-refractivity contribution >= 4 is 27.8 Å². The second-order valence-corrected chi connectivity index (χ2v) is 11.3. The van der Waals surface area contributed by atoms with Crippen molar-refractivity contribution in [3.05, 3.63) is 0 Å². The first-order valence-corrected chi connectivity index (χ1v) is 12.3. The number of likely N-dealkylation sites (N-methyl/N-ethyl adjacent to an activating group) is 1. The minimum absolute atomic E-state index is 0.0548. The maximum absolute atomic E-state index is 12.8. The Hall–Kier alpha value is -1.84. The van der Waals surface area contributed by atoms with E-state index in [2.05, 4.69) is 0 Å². The van der Waals surface area contributed by atoms with Crippen molar-refractivity contribution in [2.75, 3.05) is 31.1 Å². The number of sulfone groups is 1. The van der Waals surface area contributed by atoms with Crippen molar-refractivity contribution in [2.45, 2.75) is 71.6 Å². The Balaban J connectivity index is 1.94. The number of nitrogens with zero attached hydrogens (tertiary/aromatic N) is 2. The molecule has 3 unspecified atom stereocenters. The van der Waals surface area contributed by atoms with Crippen LogP contribution in [0.5, 0.6) is 0 Å². The lowest BCUT2D eigenvalue weighted by atomic mass is 9.98. The molecule has 0 aromatic heterocycles. The Kier molecular flexibility index (Phi) is 7.76. The van der Waals surface area contributed by atoms with Crippen LogP contribution in [0.15, 0.2) is 0 Å². The van der Waals surface area contributed by atoms with Crippen molar-refractivity contribution < 1.29 is 32.3 Å². The topological polar surface area (TPSA) is 110 Å². The molecule has 2 amide bonds. The molecule has 2 aliphatic rings. The van der Waals surface area contributed by atoms with Gasteiger partial charge in [-0.2, -0.15) is 0 Å². The summed E-state index contributed by atoms with van der Waals surface area (Å²) in [5.41, 5.74) is -0.622. The molecule has 0 aromatic carbocycles. The fourth-order valence-electron chi connectivity index (χ4n) is 3.83. The second-order valence-electron chi connectivity index (χ2n) is 9.03. The summed E-state index contributed by atoms with van der Waals surface area (Å²) < 4.78 is 34.3. The Morgan fingerprint density at radius 2 is 1.87 bits per heavy atom. The van der Waals surface area contributed by atoms with Gasteiger partial charge in [0.05, 0.1) is 17.4 Å². The summed E-state index contributed by atoms with van der Waals surface area (Å²) in [6.45, 7) is 9.66. The number of hydrogen-bond donors (Lipinski definition) is 0. The smallest absolute Gasteiger partial charge is 0.410 e. The van der Waals surface area contributed by atoms with E-state index >= 15 is 0 Å². The molecule has 30 heavy (non-hydrogen) atoms. The second kappa shape index (κ2) is 9.53. The van der Waals surface area contributed by atoms with Crippen molar-refractivity contribution in [2.24, 2.45) is 5.92 Å². The van der Waals surface area contributed by atoms with Gasteiger partial charge in [-0.05, 0) is 53.9 Å². The first kappa shape index (κ1) is 24.4. The number of rotatable bonds is 5. The molecular weight excluding hydrogens is 412 g/mol. The highest BCUT2D eigenvalue weighted by molar-refractivity contribution is 7.91. The van der Waals surface area contributed by atoms with E-state index in [1.165, 1.54) is 16.7 Å². The van der Waals surface area contributed by atoms with Crippen molar-refractivity contribution in [3.8, 4) is 0 Å². The monoisotopic (exact) mass is 446 g/mol. The number of carbonyl (C=O) groups excluding carboxylic acids is 3. The average molecular weight is 447 g/mol. The van der Waals surface area contributed by atoms with E-state index in [0.717, 1.165) is 0 Å². The highest BCUT2D eigenvalue weighted by Gasteiger charge is 2.37. The third-order valence-corrected chi connectivity index (χ3v) is 7.07. The van der Waals surface area contributed by atoms with Crippen LogP contribution >= 0.6 is 0 Å². The molecule has 2 aliphatic heterocycles. The minimum atomic E-state index is -3.13. The summed E-state index contributed by atoms with van der Waals surface area (Å²) in [6.07, 6.45) is 0.122. The summed E-state index contributed by atoms with van der Waals surface area (Å²) in [4.78, 5) is 40.7. The summed E-state index contributed by atoms with van der Waals surface area (Å²) in [6, 6.07) is -0.383. The predicted octanol–water partition coefficient (Wildman–Crippen LogP) is 1.60. The van der Waals surface area contributed by atoms with Crippen molar-refractivity contribution in [1.82, 2.24) is 9.80 Å². The van der Waals surface area contributed by atoms with E-state index in [4.69, 9.17) is 9.47 Å². The summed E-state index contributed by atoms with van der Waals surface area (Å²) >= 11 is 0. The number of likely N-dealkylation sites (tertiary alicyclic amines) is 1. The molecule has 0 radical (unpaired) electrons. The normalized spacial score (nSPS) is 24.8. The molecule has 0 aliphatic carbocycles. The Morgan fingerprint density at radius 1 is 1.20 bits per heavy atom. The molecular formula is C20H34N2O7S. The first-order chi connectivity index (χ1) is 13.8. The van der Waals surface area contributed by atoms with Crippen LogP contribution in [0.1, 0.15) is 53.9 Å². The van der Waals surface area contributed by atoms with Crippen LogP contribution in [0.2, 0.25) is 0 Å². The minimum Gasteiger partial charge on any atom is -0.452 e. The number of esters is 1. The molecule has 0 saturated carbocycles. The lowest BCUT2D eigenvalue weighted by molar-refractivity contribution is -0.164. The van der Waals surface area contributed by atoms with E-state index in [1.807, 2.05) is 0 Å². The van der Waals surface area contributed by atoms with Crippen molar-refractivity contribution in [3.63, 3.8) is 0 Å². The number of hydrogen-bond acceptors (Lipinski definition) is 7. The van der Waals surface area contributed by atoms with Gasteiger partial charge < -0.3 is 19.3 Å². The largest absolute Gasteiger partial charge is 0.452 e. The average Bonchev–Trinajstić information content (AvgIpc) is 3.00. The summed E-state index contributed by atoms with van der Waals surface area (Å²) in [5, 5.41) is 0. The van der Waals surface area contributed by atoms with Crippen LogP contribution in [0.4, 0.5) is 4.79 Å². The van der Waals surface area contributed by atoms with Gasteiger partial charge in [0.2, 0.25) is 0 Å². The molecule has 9 nitrogen and oxygen atoms in total. The summed E-state index contributed by atoms with van der Waals surface area (Å²) in [5.74, 6) is -1.44. The fourth-order valence-corrected chi connectivity index (χ4v) is 5.56. The van der Waals surface area contributed by atoms with Gasteiger partial charge in [-0.15, -0.1) is 0 Å². The van der Waals surface area contributed by atoms with Crippen LogP contribution in [0.25, 0.3) is 0 Å². The lowest BCUT2D eigenvalue weighted by Crippen LogP contribution is -2.48. The van der Waals surface area contributed by atoms with Gasteiger partial charge in [-0.1, -0.05) is 0 Å². The Bertz CT molecular complexity index is 760. The first-order valence-electron chi connectivity index (χ1n) is 10.5. The van der Waals surface area contributed by atoms with Gasteiger partial charge in [0.25, 0.3) is 5.91 Å². The number of carbonyl (C=O) groups is 3. The van der Waals surface area contributed by atoms with E-state index in [0.29, 0.717) is 32.4 Å².